The van der Waals surface area contributed by atoms with E-state index in [4.69, 9.17) is 9.47 Å². The molecule has 1 amide bonds. The third kappa shape index (κ3) is 4.02. The summed E-state index contributed by atoms with van der Waals surface area (Å²) >= 11 is 0. The summed E-state index contributed by atoms with van der Waals surface area (Å²) in [5.74, 6) is 0.379. The molecule has 0 aliphatic carbocycles. The summed E-state index contributed by atoms with van der Waals surface area (Å²) in [5.41, 5.74) is 1.39. The minimum Gasteiger partial charge on any atom is -0.477 e. The molecule has 2 aromatic rings. The van der Waals surface area contributed by atoms with Crippen molar-refractivity contribution in [2.45, 2.75) is 31.9 Å². The second-order valence-corrected chi connectivity index (χ2v) is 7.40. The molecule has 4 rings (SSSR count). The zero-order chi connectivity index (χ0) is 19.4. The van der Waals surface area contributed by atoms with Crippen molar-refractivity contribution in [3.05, 3.63) is 42.1 Å². The fourth-order valence-electron chi connectivity index (χ4n) is 4.03. The van der Waals surface area contributed by atoms with Crippen LogP contribution in [0, 0.1) is 0 Å². The van der Waals surface area contributed by atoms with Crippen molar-refractivity contribution in [3.63, 3.8) is 0 Å². The molecule has 0 unspecified atom stereocenters. The monoisotopic (exact) mass is 385 g/mol. The molecule has 2 fully saturated rings. The van der Waals surface area contributed by atoms with Crippen LogP contribution >= 0.6 is 0 Å². The van der Waals surface area contributed by atoms with E-state index in [2.05, 4.69) is 19.9 Å². The van der Waals surface area contributed by atoms with Crippen LogP contribution in [0.4, 0.5) is 0 Å². The smallest absolute Gasteiger partial charge is 0.259 e. The Morgan fingerprint density at radius 3 is 2.96 bits per heavy atom. The van der Waals surface area contributed by atoms with Crippen LogP contribution in [0.15, 0.2) is 30.9 Å². The largest absolute Gasteiger partial charge is 0.477 e. The van der Waals surface area contributed by atoms with Gasteiger partial charge in [0, 0.05) is 44.3 Å². The van der Waals surface area contributed by atoms with Gasteiger partial charge in [-0.15, -0.1) is 0 Å². The van der Waals surface area contributed by atoms with Gasteiger partial charge in [0.25, 0.3) is 5.91 Å². The lowest BCUT2D eigenvalue weighted by molar-refractivity contribution is -0.128. The average Bonchev–Trinajstić information content (AvgIpc) is 3.23. The highest BCUT2D eigenvalue weighted by atomic mass is 16.5. The molecule has 0 atom stereocenters. The van der Waals surface area contributed by atoms with Gasteiger partial charge in [-0.05, 0) is 31.9 Å². The zero-order valence-electron chi connectivity index (χ0n) is 16.3. The number of hydrogen-bond donors (Lipinski definition) is 1. The van der Waals surface area contributed by atoms with E-state index in [1.807, 2.05) is 18.0 Å². The van der Waals surface area contributed by atoms with Gasteiger partial charge >= 0.3 is 0 Å². The molecule has 4 heterocycles. The first-order valence-electron chi connectivity index (χ1n) is 9.90. The van der Waals surface area contributed by atoms with E-state index in [-0.39, 0.29) is 11.5 Å². The van der Waals surface area contributed by atoms with Gasteiger partial charge in [0.15, 0.2) is 0 Å². The van der Waals surface area contributed by atoms with Crippen LogP contribution in [0.25, 0.3) is 0 Å². The summed E-state index contributed by atoms with van der Waals surface area (Å²) in [6.45, 7) is 6.90. The van der Waals surface area contributed by atoms with Crippen LogP contribution in [0.1, 0.15) is 35.8 Å². The van der Waals surface area contributed by atoms with Crippen molar-refractivity contribution < 1.29 is 14.3 Å². The lowest BCUT2D eigenvalue weighted by Gasteiger charge is -2.47. The SMILES string of the molecule is CCOc1ncccc1C(=O)N1CCOC2(CCN(Cc3cnc[nH]3)CC2)C1. The lowest BCUT2D eigenvalue weighted by atomic mass is 9.89. The van der Waals surface area contributed by atoms with Crippen molar-refractivity contribution in [2.24, 2.45) is 0 Å². The maximum atomic E-state index is 13.1. The van der Waals surface area contributed by atoms with Gasteiger partial charge in [-0.3, -0.25) is 9.69 Å². The summed E-state index contributed by atoms with van der Waals surface area (Å²) in [6.07, 6.45) is 7.06. The van der Waals surface area contributed by atoms with Crippen LogP contribution in [-0.2, 0) is 11.3 Å². The van der Waals surface area contributed by atoms with Crippen LogP contribution < -0.4 is 4.74 Å². The summed E-state index contributed by atoms with van der Waals surface area (Å²) < 4.78 is 11.7. The predicted molar refractivity (Wildman–Crippen MR) is 103 cm³/mol. The minimum absolute atomic E-state index is 0.0286. The van der Waals surface area contributed by atoms with Gasteiger partial charge in [-0.1, -0.05) is 0 Å². The molecular formula is C20H27N5O3. The Hall–Kier alpha value is -2.45. The average molecular weight is 385 g/mol. The minimum atomic E-state index is -0.258. The number of nitrogens with zero attached hydrogens (tertiary/aromatic N) is 4. The number of piperidine rings is 1. The molecule has 1 spiro atoms. The topological polar surface area (TPSA) is 83.6 Å². The number of morpholine rings is 1. The standard InChI is InChI=1S/C20H27N5O3/c1-2-27-18-17(4-3-7-22-18)19(26)25-10-11-28-20(14-25)5-8-24(9-6-20)13-16-12-21-15-23-16/h3-4,7,12,15H,2,5-6,8-11,13-14H2,1H3,(H,21,23). The predicted octanol–water partition coefficient (Wildman–Crippen LogP) is 1.71. The van der Waals surface area contributed by atoms with E-state index in [9.17, 15) is 4.79 Å². The molecule has 2 aliphatic rings. The maximum absolute atomic E-state index is 13.1. The van der Waals surface area contributed by atoms with Crippen molar-refractivity contribution in [2.75, 3.05) is 39.4 Å². The Kier molecular flexibility index (Phi) is 5.59. The fourth-order valence-corrected chi connectivity index (χ4v) is 4.03. The number of H-pyrrole nitrogens is 1. The first-order valence-corrected chi connectivity index (χ1v) is 9.90. The number of aromatic amines is 1. The number of pyridine rings is 1. The molecule has 2 aliphatic heterocycles. The lowest BCUT2D eigenvalue weighted by Crippen LogP contribution is -2.58. The number of nitrogens with one attached hydrogen (secondary N) is 1. The molecule has 2 saturated heterocycles. The molecule has 2 aromatic heterocycles. The molecule has 1 N–H and O–H groups in total. The second-order valence-electron chi connectivity index (χ2n) is 7.40. The summed E-state index contributed by atoms with van der Waals surface area (Å²) in [5, 5.41) is 0. The van der Waals surface area contributed by atoms with Gasteiger partial charge < -0.3 is 19.4 Å². The molecule has 0 saturated carbocycles. The third-order valence-corrected chi connectivity index (χ3v) is 5.53. The second kappa shape index (κ2) is 8.28. The first kappa shape index (κ1) is 18.9. The fraction of sp³-hybridized carbons (Fsp3) is 0.550. The number of likely N-dealkylation sites (tertiary alicyclic amines) is 1. The summed E-state index contributed by atoms with van der Waals surface area (Å²) in [6, 6.07) is 3.56. The molecule has 0 radical (unpaired) electrons. The van der Waals surface area contributed by atoms with Crippen LogP contribution in [0.3, 0.4) is 0 Å². The Morgan fingerprint density at radius 2 is 2.21 bits per heavy atom. The van der Waals surface area contributed by atoms with Crippen molar-refractivity contribution in [1.82, 2.24) is 24.8 Å². The number of ether oxygens (including phenoxy) is 2. The van der Waals surface area contributed by atoms with Crippen LogP contribution in [0.5, 0.6) is 5.88 Å². The number of amides is 1. The van der Waals surface area contributed by atoms with E-state index in [1.54, 1.807) is 24.7 Å². The Balaban J connectivity index is 1.40. The Morgan fingerprint density at radius 1 is 1.36 bits per heavy atom. The normalized spacial score (nSPS) is 19.7. The highest BCUT2D eigenvalue weighted by Gasteiger charge is 2.41. The van der Waals surface area contributed by atoms with Crippen molar-refractivity contribution >= 4 is 5.91 Å². The van der Waals surface area contributed by atoms with E-state index in [0.29, 0.717) is 37.7 Å². The molecule has 8 heteroatoms. The molecule has 0 aromatic carbocycles. The molecule has 8 nitrogen and oxygen atoms in total. The van der Waals surface area contributed by atoms with Crippen molar-refractivity contribution in [1.29, 1.82) is 0 Å². The number of imidazole rings is 1. The summed E-state index contributed by atoms with van der Waals surface area (Å²) in [7, 11) is 0. The van der Waals surface area contributed by atoms with E-state index >= 15 is 0 Å². The third-order valence-electron chi connectivity index (χ3n) is 5.53. The maximum Gasteiger partial charge on any atom is 0.259 e. The zero-order valence-corrected chi connectivity index (χ0v) is 16.3. The number of rotatable bonds is 5. The Labute approximate surface area is 164 Å². The van der Waals surface area contributed by atoms with E-state index in [0.717, 1.165) is 38.2 Å². The van der Waals surface area contributed by atoms with Gasteiger partial charge in [-0.2, -0.15) is 0 Å². The van der Waals surface area contributed by atoms with E-state index < -0.39 is 0 Å². The van der Waals surface area contributed by atoms with Gasteiger partial charge in [0.2, 0.25) is 5.88 Å². The highest BCUT2D eigenvalue weighted by molar-refractivity contribution is 5.96. The van der Waals surface area contributed by atoms with Gasteiger partial charge in [0.05, 0.1) is 31.7 Å². The summed E-state index contributed by atoms with van der Waals surface area (Å²) in [4.78, 5) is 28.9. The molecule has 150 valence electrons. The highest BCUT2D eigenvalue weighted by Crippen LogP contribution is 2.31. The van der Waals surface area contributed by atoms with Gasteiger partial charge in [-0.25, -0.2) is 9.97 Å². The van der Waals surface area contributed by atoms with Crippen molar-refractivity contribution in [3.8, 4) is 5.88 Å². The molecular weight excluding hydrogens is 358 g/mol. The molecule has 0 bridgehead atoms. The quantitative estimate of drug-likeness (QED) is 0.844. The first-order chi connectivity index (χ1) is 13.7. The number of carbonyl (C=O) groups is 1. The Bertz CT molecular complexity index is 787. The van der Waals surface area contributed by atoms with Crippen LogP contribution in [0.2, 0.25) is 0 Å². The number of hydrogen-bond acceptors (Lipinski definition) is 6. The number of carbonyl (C=O) groups excluding carboxylic acids is 1. The number of aromatic nitrogens is 3. The molecule has 28 heavy (non-hydrogen) atoms. The van der Waals surface area contributed by atoms with Crippen LogP contribution in [-0.4, -0.2) is 75.7 Å². The van der Waals surface area contributed by atoms with E-state index in [1.165, 1.54) is 0 Å². The van der Waals surface area contributed by atoms with Gasteiger partial charge in [0.1, 0.15) is 5.56 Å².